The molecule has 1 aliphatic rings. The molecule has 1 saturated heterocycles. The lowest BCUT2D eigenvalue weighted by Gasteiger charge is -2.27. The monoisotopic (exact) mass is 364 g/mol. The van der Waals surface area contributed by atoms with Crippen molar-refractivity contribution in [2.75, 3.05) is 39.3 Å². The molecule has 1 atom stereocenters. The molecule has 8 heteroatoms. The van der Waals surface area contributed by atoms with Crippen molar-refractivity contribution in [1.82, 2.24) is 20.5 Å². The minimum atomic E-state index is -0.506. The first-order valence-electron chi connectivity index (χ1n) is 7.53. The lowest BCUT2D eigenvalue weighted by molar-refractivity contribution is -0.127. The third-order valence-corrected chi connectivity index (χ3v) is 3.48. The molecule has 1 amide bonds. The SMILES string of the molecule is CC(Oc1cccnc1)C(=O)NCCCN1CCNCC1.Cl.Cl. The van der Waals surface area contributed by atoms with E-state index in [2.05, 4.69) is 20.5 Å². The van der Waals surface area contributed by atoms with E-state index < -0.39 is 6.10 Å². The molecule has 2 heterocycles. The molecule has 23 heavy (non-hydrogen) atoms. The van der Waals surface area contributed by atoms with E-state index in [1.165, 1.54) is 0 Å². The molecule has 2 N–H and O–H groups in total. The Balaban J connectivity index is 0.00000242. The number of ether oxygens (including phenoxy) is 1. The van der Waals surface area contributed by atoms with Crippen molar-refractivity contribution in [2.24, 2.45) is 0 Å². The fraction of sp³-hybridized carbons (Fsp3) is 0.600. The van der Waals surface area contributed by atoms with Gasteiger partial charge in [-0.2, -0.15) is 0 Å². The third kappa shape index (κ3) is 8.37. The van der Waals surface area contributed by atoms with E-state index in [0.29, 0.717) is 12.3 Å². The van der Waals surface area contributed by atoms with Crippen LogP contribution in [0.25, 0.3) is 0 Å². The van der Waals surface area contributed by atoms with Crippen molar-refractivity contribution in [3.8, 4) is 5.75 Å². The Labute approximate surface area is 150 Å². The molecule has 1 aromatic rings. The van der Waals surface area contributed by atoms with Crippen LogP contribution in [0.5, 0.6) is 5.75 Å². The minimum Gasteiger partial charge on any atom is -0.479 e. The fourth-order valence-electron chi connectivity index (χ4n) is 2.27. The number of nitrogens with one attached hydrogen (secondary N) is 2. The van der Waals surface area contributed by atoms with Gasteiger partial charge in [-0.3, -0.25) is 9.78 Å². The Kier molecular flexibility index (Phi) is 11.8. The molecule has 1 aliphatic heterocycles. The van der Waals surface area contributed by atoms with E-state index in [-0.39, 0.29) is 30.7 Å². The molecule has 132 valence electrons. The number of halogens is 2. The zero-order valence-corrected chi connectivity index (χ0v) is 15.0. The predicted octanol–water partition coefficient (Wildman–Crippen LogP) is 1.10. The smallest absolute Gasteiger partial charge is 0.260 e. The second kappa shape index (κ2) is 12.4. The van der Waals surface area contributed by atoms with Gasteiger partial charge in [0.25, 0.3) is 5.91 Å². The number of carbonyl (C=O) groups is 1. The van der Waals surface area contributed by atoms with Crippen LogP contribution in [-0.4, -0.2) is 61.2 Å². The topological polar surface area (TPSA) is 66.5 Å². The number of pyridine rings is 1. The number of nitrogens with zero attached hydrogens (tertiary/aromatic N) is 2. The van der Waals surface area contributed by atoms with Crippen LogP contribution in [0, 0.1) is 0 Å². The summed E-state index contributed by atoms with van der Waals surface area (Å²) >= 11 is 0. The summed E-state index contributed by atoms with van der Waals surface area (Å²) in [4.78, 5) is 18.3. The van der Waals surface area contributed by atoms with Gasteiger partial charge < -0.3 is 20.3 Å². The van der Waals surface area contributed by atoms with E-state index in [0.717, 1.165) is 39.1 Å². The predicted molar refractivity (Wildman–Crippen MR) is 95.8 cm³/mol. The molecule has 0 saturated carbocycles. The van der Waals surface area contributed by atoms with Crippen molar-refractivity contribution in [2.45, 2.75) is 19.4 Å². The molecule has 1 aromatic heterocycles. The van der Waals surface area contributed by atoms with Gasteiger partial charge in [0.05, 0.1) is 6.20 Å². The highest BCUT2D eigenvalue weighted by molar-refractivity contribution is 5.85. The maximum absolute atomic E-state index is 11.9. The number of hydrogen-bond donors (Lipinski definition) is 2. The van der Waals surface area contributed by atoms with E-state index in [9.17, 15) is 4.79 Å². The summed E-state index contributed by atoms with van der Waals surface area (Å²) in [5, 5.41) is 6.24. The number of aromatic nitrogens is 1. The van der Waals surface area contributed by atoms with Crippen LogP contribution in [0.2, 0.25) is 0 Å². The molecule has 1 unspecified atom stereocenters. The molecule has 2 rings (SSSR count). The van der Waals surface area contributed by atoms with Gasteiger partial charge in [-0.1, -0.05) is 0 Å². The number of carbonyl (C=O) groups excluding carboxylic acids is 1. The average molecular weight is 365 g/mol. The molecule has 0 bridgehead atoms. The summed E-state index contributed by atoms with van der Waals surface area (Å²) in [5.74, 6) is 0.528. The highest BCUT2D eigenvalue weighted by Crippen LogP contribution is 2.08. The Morgan fingerprint density at radius 2 is 2.17 bits per heavy atom. The molecule has 6 nitrogen and oxygen atoms in total. The highest BCUT2D eigenvalue weighted by Gasteiger charge is 2.14. The average Bonchev–Trinajstić information content (AvgIpc) is 2.53. The lowest BCUT2D eigenvalue weighted by Crippen LogP contribution is -2.44. The normalized spacial score (nSPS) is 15.7. The van der Waals surface area contributed by atoms with Gasteiger partial charge in [0.15, 0.2) is 6.10 Å². The van der Waals surface area contributed by atoms with E-state index in [1.54, 1.807) is 31.5 Å². The number of hydrogen-bond acceptors (Lipinski definition) is 5. The fourth-order valence-corrected chi connectivity index (χ4v) is 2.27. The van der Waals surface area contributed by atoms with E-state index in [1.807, 2.05) is 0 Å². The Morgan fingerprint density at radius 1 is 1.43 bits per heavy atom. The summed E-state index contributed by atoms with van der Waals surface area (Å²) in [6, 6.07) is 3.58. The van der Waals surface area contributed by atoms with Crippen molar-refractivity contribution in [1.29, 1.82) is 0 Å². The molecule has 0 radical (unpaired) electrons. The van der Waals surface area contributed by atoms with Crippen LogP contribution in [0.1, 0.15) is 13.3 Å². The summed E-state index contributed by atoms with van der Waals surface area (Å²) < 4.78 is 5.53. The largest absolute Gasteiger partial charge is 0.479 e. The molecular formula is C15H26Cl2N4O2. The van der Waals surface area contributed by atoms with Crippen LogP contribution in [0.3, 0.4) is 0 Å². The van der Waals surface area contributed by atoms with Crippen LogP contribution < -0.4 is 15.4 Å². The first kappa shape index (κ1) is 21.9. The second-order valence-electron chi connectivity index (χ2n) is 5.19. The minimum absolute atomic E-state index is 0. The lowest BCUT2D eigenvalue weighted by atomic mass is 10.3. The summed E-state index contributed by atoms with van der Waals surface area (Å²) in [6.07, 6.45) is 3.74. The van der Waals surface area contributed by atoms with Crippen molar-refractivity contribution >= 4 is 30.7 Å². The standard InChI is InChI=1S/C15H24N4O2.2ClH/c1-13(21-14-4-2-5-17-12-14)15(20)18-6-3-9-19-10-7-16-8-11-19;;/h2,4-5,12-13,16H,3,6-11H2,1H3,(H,18,20);2*1H. The van der Waals surface area contributed by atoms with Crippen LogP contribution in [-0.2, 0) is 4.79 Å². The molecular weight excluding hydrogens is 339 g/mol. The Bertz CT molecular complexity index is 431. The summed E-state index contributed by atoms with van der Waals surface area (Å²) in [6.45, 7) is 7.76. The number of rotatable bonds is 7. The number of amides is 1. The third-order valence-electron chi connectivity index (χ3n) is 3.48. The molecule has 1 fully saturated rings. The first-order chi connectivity index (χ1) is 10.3. The molecule has 0 aliphatic carbocycles. The van der Waals surface area contributed by atoms with Crippen LogP contribution in [0.4, 0.5) is 0 Å². The maximum Gasteiger partial charge on any atom is 0.260 e. The van der Waals surface area contributed by atoms with Crippen molar-refractivity contribution < 1.29 is 9.53 Å². The molecule has 0 aromatic carbocycles. The van der Waals surface area contributed by atoms with Crippen LogP contribution >= 0.6 is 24.8 Å². The van der Waals surface area contributed by atoms with Gasteiger partial charge in [-0.15, -0.1) is 24.8 Å². The van der Waals surface area contributed by atoms with Crippen LogP contribution in [0.15, 0.2) is 24.5 Å². The van der Waals surface area contributed by atoms with E-state index >= 15 is 0 Å². The van der Waals surface area contributed by atoms with Gasteiger partial charge in [0, 0.05) is 38.9 Å². The zero-order chi connectivity index (χ0) is 14.9. The maximum atomic E-state index is 11.9. The first-order valence-corrected chi connectivity index (χ1v) is 7.53. The van der Waals surface area contributed by atoms with E-state index in [4.69, 9.17) is 4.74 Å². The van der Waals surface area contributed by atoms with Gasteiger partial charge in [-0.25, -0.2) is 0 Å². The van der Waals surface area contributed by atoms with Crippen molar-refractivity contribution in [3.63, 3.8) is 0 Å². The van der Waals surface area contributed by atoms with Gasteiger partial charge >= 0.3 is 0 Å². The van der Waals surface area contributed by atoms with Gasteiger partial charge in [-0.05, 0) is 32.0 Å². The Morgan fingerprint density at radius 3 is 2.83 bits per heavy atom. The highest BCUT2D eigenvalue weighted by atomic mass is 35.5. The number of piperazine rings is 1. The van der Waals surface area contributed by atoms with Gasteiger partial charge in [0.1, 0.15) is 5.75 Å². The summed E-state index contributed by atoms with van der Waals surface area (Å²) in [5.41, 5.74) is 0. The molecule has 0 spiro atoms. The summed E-state index contributed by atoms with van der Waals surface area (Å²) in [7, 11) is 0. The Hall–Kier alpha value is -1.08. The van der Waals surface area contributed by atoms with Gasteiger partial charge in [0.2, 0.25) is 0 Å². The van der Waals surface area contributed by atoms with Crippen molar-refractivity contribution in [3.05, 3.63) is 24.5 Å². The zero-order valence-electron chi connectivity index (χ0n) is 13.4. The quantitative estimate of drug-likeness (QED) is 0.709. The second-order valence-corrected chi connectivity index (χ2v) is 5.19.